The van der Waals surface area contributed by atoms with Gasteiger partial charge in [-0.05, 0) is 82.9 Å². The summed E-state index contributed by atoms with van der Waals surface area (Å²) in [5.41, 5.74) is 2.36. The van der Waals surface area contributed by atoms with Crippen molar-refractivity contribution < 1.29 is 19.1 Å². The number of rotatable bonds is 8. The lowest BCUT2D eigenvalue weighted by molar-refractivity contribution is -0.144. The molecular formula is C29H45N3O4. The number of nitrogens with one attached hydrogen (secondary N) is 2. The minimum absolute atomic E-state index is 0.0251. The SMILES string of the molecule is Cc1ccc(C(C(=O)NC2CCCCC2)N(C(=O)C(NC(=O)OC(C)(C)C)C(C)C)C2CC2)cc1C. The quantitative estimate of drug-likeness (QED) is 0.506. The highest BCUT2D eigenvalue weighted by atomic mass is 16.6. The summed E-state index contributed by atoms with van der Waals surface area (Å²) in [6.45, 7) is 13.2. The van der Waals surface area contributed by atoms with Crippen LogP contribution >= 0.6 is 0 Å². The van der Waals surface area contributed by atoms with Crippen LogP contribution in [-0.2, 0) is 14.3 Å². The van der Waals surface area contributed by atoms with Crippen LogP contribution < -0.4 is 10.6 Å². The van der Waals surface area contributed by atoms with Gasteiger partial charge >= 0.3 is 6.09 Å². The van der Waals surface area contributed by atoms with E-state index in [9.17, 15) is 14.4 Å². The summed E-state index contributed by atoms with van der Waals surface area (Å²) >= 11 is 0. The van der Waals surface area contributed by atoms with Crippen LogP contribution in [0.3, 0.4) is 0 Å². The number of aryl methyl sites for hydroxylation is 2. The largest absolute Gasteiger partial charge is 0.444 e. The normalized spacial score (nSPS) is 18.3. The summed E-state index contributed by atoms with van der Waals surface area (Å²) in [6, 6.07) is 4.57. The fourth-order valence-corrected chi connectivity index (χ4v) is 4.88. The summed E-state index contributed by atoms with van der Waals surface area (Å²) in [6.07, 6.45) is 6.43. The third kappa shape index (κ3) is 7.47. The Bertz CT molecular complexity index is 942. The van der Waals surface area contributed by atoms with E-state index in [2.05, 4.69) is 10.6 Å². The molecule has 2 aliphatic rings. The second-order valence-corrected chi connectivity index (χ2v) is 11.9. The average molecular weight is 500 g/mol. The molecular weight excluding hydrogens is 454 g/mol. The van der Waals surface area contributed by atoms with E-state index in [1.54, 1.807) is 25.7 Å². The predicted octanol–water partition coefficient (Wildman–Crippen LogP) is 5.33. The lowest BCUT2D eigenvalue weighted by atomic mass is 9.93. The molecule has 2 aliphatic carbocycles. The average Bonchev–Trinajstić information content (AvgIpc) is 3.61. The first-order valence-corrected chi connectivity index (χ1v) is 13.6. The number of benzene rings is 1. The Hall–Kier alpha value is -2.57. The fourth-order valence-electron chi connectivity index (χ4n) is 4.88. The van der Waals surface area contributed by atoms with Crippen molar-refractivity contribution in [3.05, 3.63) is 34.9 Å². The van der Waals surface area contributed by atoms with Crippen LogP contribution in [0.4, 0.5) is 4.79 Å². The molecule has 2 atom stereocenters. The highest BCUT2D eigenvalue weighted by Crippen LogP contribution is 2.37. The molecule has 0 aromatic heterocycles. The Balaban J connectivity index is 1.94. The van der Waals surface area contributed by atoms with Crippen LogP contribution in [-0.4, -0.2) is 46.5 Å². The van der Waals surface area contributed by atoms with Crippen molar-refractivity contribution in [3.63, 3.8) is 0 Å². The van der Waals surface area contributed by atoms with E-state index in [4.69, 9.17) is 4.74 Å². The number of hydrogen-bond donors (Lipinski definition) is 2. The summed E-state index contributed by atoms with van der Waals surface area (Å²) in [5, 5.41) is 6.06. The molecule has 0 bridgehead atoms. The molecule has 2 unspecified atom stereocenters. The van der Waals surface area contributed by atoms with Crippen molar-refractivity contribution in [1.82, 2.24) is 15.5 Å². The lowest BCUT2D eigenvalue weighted by Gasteiger charge is -2.37. The maximum absolute atomic E-state index is 14.1. The van der Waals surface area contributed by atoms with E-state index in [-0.39, 0.29) is 29.8 Å². The summed E-state index contributed by atoms with van der Waals surface area (Å²) in [7, 11) is 0. The first-order chi connectivity index (χ1) is 16.9. The first kappa shape index (κ1) is 28.0. The molecule has 0 aliphatic heterocycles. The van der Waals surface area contributed by atoms with Gasteiger partial charge < -0.3 is 20.3 Å². The highest BCUT2D eigenvalue weighted by molar-refractivity contribution is 5.93. The molecule has 36 heavy (non-hydrogen) atoms. The summed E-state index contributed by atoms with van der Waals surface area (Å²) in [4.78, 5) is 42.3. The molecule has 0 spiro atoms. The van der Waals surface area contributed by atoms with Gasteiger partial charge in [0.1, 0.15) is 17.7 Å². The van der Waals surface area contributed by atoms with Gasteiger partial charge in [-0.15, -0.1) is 0 Å². The summed E-state index contributed by atoms with van der Waals surface area (Å²) < 4.78 is 5.45. The van der Waals surface area contributed by atoms with Crippen LogP contribution in [0.5, 0.6) is 0 Å². The minimum Gasteiger partial charge on any atom is -0.444 e. The van der Waals surface area contributed by atoms with Crippen LogP contribution in [0.25, 0.3) is 0 Å². The molecule has 3 amide bonds. The Morgan fingerprint density at radius 1 is 0.972 bits per heavy atom. The van der Waals surface area contributed by atoms with Gasteiger partial charge in [0.2, 0.25) is 11.8 Å². The zero-order valence-electron chi connectivity index (χ0n) is 23.1. The zero-order valence-corrected chi connectivity index (χ0v) is 23.1. The van der Waals surface area contributed by atoms with Crippen LogP contribution in [0.1, 0.15) is 102 Å². The van der Waals surface area contributed by atoms with Crippen LogP contribution in [0.15, 0.2) is 18.2 Å². The second kappa shape index (κ2) is 11.7. The van der Waals surface area contributed by atoms with E-state index in [0.29, 0.717) is 0 Å². The molecule has 7 heteroatoms. The number of nitrogens with zero attached hydrogens (tertiary/aromatic N) is 1. The highest BCUT2D eigenvalue weighted by Gasteiger charge is 2.45. The maximum Gasteiger partial charge on any atom is 0.408 e. The van der Waals surface area contributed by atoms with E-state index in [1.807, 2.05) is 45.9 Å². The zero-order chi connectivity index (χ0) is 26.6. The number of ether oxygens (including phenoxy) is 1. The molecule has 0 radical (unpaired) electrons. The Labute approximate surface area is 216 Å². The van der Waals surface area contributed by atoms with Crippen molar-refractivity contribution in [2.24, 2.45) is 5.92 Å². The fraction of sp³-hybridized carbons (Fsp3) is 0.690. The molecule has 200 valence electrons. The van der Waals surface area contributed by atoms with Gasteiger partial charge in [-0.2, -0.15) is 0 Å². The Morgan fingerprint density at radius 3 is 2.14 bits per heavy atom. The lowest BCUT2D eigenvalue weighted by Crippen LogP contribution is -2.56. The van der Waals surface area contributed by atoms with E-state index in [1.165, 1.54) is 6.42 Å². The van der Waals surface area contributed by atoms with Crippen molar-refractivity contribution in [2.45, 2.75) is 123 Å². The molecule has 2 saturated carbocycles. The topological polar surface area (TPSA) is 87.7 Å². The van der Waals surface area contributed by atoms with E-state index >= 15 is 0 Å². The number of alkyl carbamates (subject to hydrolysis) is 1. The Morgan fingerprint density at radius 2 is 1.61 bits per heavy atom. The maximum atomic E-state index is 14.1. The van der Waals surface area contributed by atoms with Crippen molar-refractivity contribution >= 4 is 17.9 Å². The van der Waals surface area contributed by atoms with Gasteiger partial charge in [0, 0.05) is 12.1 Å². The second-order valence-electron chi connectivity index (χ2n) is 11.9. The third-order valence-corrected chi connectivity index (χ3v) is 7.12. The van der Waals surface area contributed by atoms with E-state index < -0.39 is 23.8 Å². The molecule has 0 saturated heterocycles. The van der Waals surface area contributed by atoms with Gasteiger partial charge in [0.25, 0.3) is 0 Å². The van der Waals surface area contributed by atoms with E-state index in [0.717, 1.165) is 55.2 Å². The molecule has 2 fully saturated rings. The number of carbonyl (C=O) groups is 3. The number of hydrogen-bond acceptors (Lipinski definition) is 4. The summed E-state index contributed by atoms with van der Waals surface area (Å²) in [5.74, 6) is -0.543. The standard InChI is InChI=1S/C29H45N3O4/c1-18(2)24(31-28(35)36-29(5,6)7)27(34)32(23-15-16-23)25(21-14-13-19(3)20(4)17-21)26(33)30-22-11-9-8-10-12-22/h13-14,17-18,22-25H,8-12,15-16H2,1-7H3,(H,30,33)(H,31,35). The molecule has 1 aromatic carbocycles. The van der Waals surface area contributed by atoms with Gasteiger partial charge in [0.15, 0.2) is 0 Å². The minimum atomic E-state index is -0.794. The van der Waals surface area contributed by atoms with Crippen molar-refractivity contribution in [3.8, 4) is 0 Å². The first-order valence-electron chi connectivity index (χ1n) is 13.6. The van der Waals surface area contributed by atoms with Crippen LogP contribution in [0.2, 0.25) is 0 Å². The molecule has 7 nitrogen and oxygen atoms in total. The number of amides is 3. The van der Waals surface area contributed by atoms with Crippen molar-refractivity contribution in [2.75, 3.05) is 0 Å². The van der Waals surface area contributed by atoms with Gasteiger partial charge in [-0.1, -0.05) is 51.3 Å². The van der Waals surface area contributed by atoms with Crippen LogP contribution in [0, 0.1) is 19.8 Å². The monoisotopic (exact) mass is 499 g/mol. The smallest absolute Gasteiger partial charge is 0.408 e. The molecule has 0 heterocycles. The van der Waals surface area contributed by atoms with Crippen molar-refractivity contribution in [1.29, 1.82) is 0 Å². The molecule has 2 N–H and O–H groups in total. The predicted molar refractivity (Wildman–Crippen MR) is 142 cm³/mol. The molecule has 3 rings (SSSR count). The van der Waals surface area contributed by atoms with Gasteiger partial charge in [-0.25, -0.2) is 4.79 Å². The third-order valence-electron chi connectivity index (χ3n) is 7.12. The number of carbonyl (C=O) groups excluding carboxylic acids is 3. The van der Waals surface area contributed by atoms with Gasteiger partial charge in [0.05, 0.1) is 0 Å². The Kier molecular flexibility index (Phi) is 9.07. The molecule has 1 aromatic rings. The van der Waals surface area contributed by atoms with Gasteiger partial charge in [-0.3, -0.25) is 9.59 Å².